The first-order valence-electron chi connectivity index (χ1n) is 13.2. The van der Waals surface area contributed by atoms with Gasteiger partial charge in [-0.1, -0.05) is 19.6 Å². The van der Waals surface area contributed by atoms with E-state index in [4.69, 9.17) is 14.5 Å². The Labute approximate surface area is 228 Å². The zero-order valence-corrected chi connectivity index (χ0v) is 22.2. The van der Waals surface area contributed by atoms with Crippen LogP contribution in [0, 0.1) is 0 Å². The molecule has 11 nitrogen and oxygen atoms in total. The maximum Gasteiger partial charge on any atom is 0.248 e. The smallest absolute Gasteiger partial charge is 0.248 e. The molecule has 11 heteroatoms. The molecule has 2 aromatic heterocycles. The molecule has 2 N–H and O–H groups in total. The number of carbonyl (C=O) groups excluding carboxylic acids is 1. The standard InChI is InChI=1S/C28H34N8O3/c1-3-26(37)31-21-6-5-7-23(18-21)39-27-24(35-14-16-38-17-15-35)20-30-28(33-27)32-22-8-9-25(29-19-22)36-12-10-34(4-2)11-13-36/h3,5-9,18-20H,1,4,10-17H2,2H3,(H,31,37)(H,30,32,33). The van der Waals surface area contributed by atoms with Crippen molar-refractivity contribution in [3.05, 3.63) is 61.4 Å². The van der Waals surface area contributed by atoms with Crippen LogP contribution in [0.4, 0.5) is 28.8 Å². The second kappa shape index (κ2) is 12.5. The number of morpholine rings is 1. The van der Waals surface area contributed by atoms with Crippen molar-refractivity contribution in [1.82, 2.24) is 19.9 Å². The number of piperazine rings is 1. The highest BCUT2D eigenvalue weighted by molar-refractivity contribution is 5.98. The number of amides is 1. The maximum absolute atomic E-state index is 11.7. The third-order valence-electron chi connectivity index (χ3n) is 6.74. The predicted molar refractivity (Wildman–Crippen MR) is 152 cm³/mol. The lowest BCUT2D eigenvalue weighted by atomic mass is 10.3. The van der Waals surface area contributed by atoms with Crippen molar-refractivity contribution < 1.29 is 14.3 Å². The lowest BCUT2D eigenvalue weighted by Crippen LogP contribution is -2.46. The molecule has 39 heavy (non-hydrogen) atoms. The summed E-state index contributed by atoms with van der Waals surface area (Å²) in [6, 6.07) is 11.1. The zero-order chi connectivity index (χ0) is 27.0. The van der Waals surface area contributed by atoms with Gasteiger partial charge in [0.05, 0.1) is 31.3 Å². The molecular formula is C28H34N8O3. The first kappa shape index (κ1) is 26.4. The molecule has 4 heterocycles. The molecule has 2 aliphatic heterocycles. The number of benzene rings is 1. The highest BCUT2D eigenvalue weighted by atomic mass is 16.5. The van der Waals surface area contributed by atoms with Crippen molar-refractivity contribution in [2.24, 2.45) is 0 Å². The number of ether oxygens (including phenoxy) is 2. The fourth-order valence-corrected chi connectivity index (χ4v) is 4.53. The third kappa shape index (κ3) is 6.81. The molecule has 0 bridgehead atoms. The van der Waals surface area contributed by atoms with E-state index in [1.54, 1.807) is 30.6 Å². The van der Waals surface area contributed by atoms with Crippen LogP contribution in [0.15, 0.2) is 61.4 Å². The van der Waals surface area contributed by atoms with Crippen LogP contribution in [0.1, 0.15) is 6.92 Å². The molecule has 0 radical (unpaired) electrons. The van der Waals surface area contributed by atoms with Gasteiger partial charge in [0.25, 0.3) is 0 Å². The fraction of sp³-hybridized carbons (Fsp3) is 0.357. The molecule has 0 spiro atoms. The van der Waals surface area contributed by atoms with Crippen LogP contribution in [0.25, 0.3) is 0 Å². The largest absolute Gasteiger partial charge is 0.437 e. The molecule has 2 aliphatic rings. The molecule has 3 aromatic rings. The van der Waals surface area contributed by atoms with E-state index in [9.17, 15) is 4.79 Å². The van der Waals surface area contributed by atoms with Crippen LogP contribution >= 0.6 is 0 Å². The van der Waals surface area contributed by atoms with Gasteiger partial charge in [-0.05, 0) is 36.9 Å². The van der Waals surface area contributed by atoms with Gasteiger partial charge in [-0.2, -0.15) is 4.98 Å². The lowest BCUT2D eigenvalue weighted by Gasteiger charge is -2.34. The Morgan fingerprint density at radius 3 is 2.56 bits per heavy atom. The van der Waals surface area contributed by atoms with E-state index in [0.717, 1.165) is 49.9 Å². The van der Waals surface area contributed by atoms with Crippen molar-refractivity contribution >= 4 is 34.7 Å². The van der Waals surface area contributed by atoms with E-state index >= 15 is 0 Å². The van der Waals surface area contributed by atoms with Crippen molar-refractivity contribution in [2.75, 3.05) is 79.5 Å². The summed E-state index contributed by atoms with van der Waals surface area (Å²) in [7, 11) is 0. The number of likely N-dealkylation sites (N-methyl/N-ethyl adjacent to an activating group) is 1. The van der Waals surface area contributed by atoms with Crippen molar-refractivity contribution in [3.8, 4) is 11.6 Å². The Morgan fingerprint density at radius 2 is 1.85 bits per heavy atom. The Bertz CT molecular complexity index is 1270. The van der Waals surface area contributed by atoms with Crippen LogP contribution in [0.3, 0.4) is 0 Å². The summed E-state index contributed by atoms with van der Waals surface area (Å²) in [6.07, 6.45) is 4.78. The highest BCUT2D eigenvalue weighted by Crippen LogP contribution is 2.33. The van der Waals surface area contributed by atoms with Crippen LogP contribution in [-0.4, -0.2) is 84.8 Å². The Morgan fingerprint density at radius 1 is 1.03 bits per heavy atom. The van der Waals surface area contributed by atoms with E-state index in [-0.39, 0.29) is 5.91 Å². The summed E-state index contributed by atoms with van der Waals surface area (Å²) < 4.78 is 11.7. The number of hydrogen-bond acceptors (Lipinski definition) is 10. The molecule has 1 aromatic carbocycles. The molecule has 1 amide bonds. The van der Waals surface area contributed by atoms with Crippen molar-refractivity contribution in [1.29, 1.82) is 0 Å². The molecular weight excluding hydrogens is 496 g/mol. The summed E-state index contributed by atoms with van der Waals surface area (Å²) >= 11 is 0. The number of aromatic nitrogens is 3. The Hall–Kier alpha value is -4.22. The molecule has 2 fully saturated rings. The monoisotopic (exact) mass is 530 g/mol. The number of pyridine rings is 1. The van der Waals surface area contributed by atoms with E-state index in [1.807, 2.05) is 18.2 Å². The van der Waals surface area contributed by atoms with Gasteiger partial charge in [-0.15, -0.1) is 0 Å². The minimum atomic E-state index is -0.294. The SMILES string of the molecule is C=CC(=O)Nc1cccc(Oc2nc(Nc3ccc(N4CCN(CC)CC4)nc3)ncc2N2CCOCC2)c1. The highest BCUT2D eigenvalue weighted by Gasteiger charge is 2.20. The van der Waals surface area contributed by atoms with Gasteiger partial charge in [0.15, 0.2) is 0 Å². The van der Waals surface area contributed by atoms with Gasteiger partial charge < -0.3 is 34.8 Å². The van der Waals surface area contributed by atoms with E-state index in [2.05, 4.69) is 48.8 Å². The van der Waals surface area contributed by atoms with E-state index < -0.39 is 0 Å². The number of nitrogens with zero attached hydrogens (tertiary/aromatic N) is 6. The lowest BCUT2D eigenvalue weighted by molar-refractivity contribution is -0.111. The minimum Gasteiger partial charge on any atom is -0.437 e. The molecule has 0 atom stereocenters. The minimum absolute atomic E-state index is 0.294. The molecule has 2 saturated heterocycles. The zero-order valence-electron chi connectivity index (χ0n) is 22.2. The summed E-state index contributed by atoms with van der Waals surface area (Å²) in [5, 5.41) is 6.00. The number of rotatable bonds is 9. The van der Waals surface area contributed by atoms with Gasteiger partial charge in [0, 0.05) is 51.0 Å². The number of hydrogen-bond donors (Lipinski definition) is 2. The summed E-state index contributed by atoms with van der Waals surface area (Å²) in [4.78, 5) is 32.5. The second-order valence-electron chi connectivity index (χ2n) is 9.26. The van der Waals surface area contributed by atoms with Crippen LogP contribution in [0.2, 0.25) is 0 Å². The fourth-order valence-electron chi connectivity index (χ4n) is 4.53. The Kier molecular flexibility index (Phi) is 8.49. The normalized spacial score (nSPS) is 16.0. The number of carbonyl (C=O) groups is 1. The molecule has 0 saturated carbocycles. The number of nitrogens with one attached hydrogen (secondary N) is 2. The topological polar surface area (TPSA) is 108 Å². The van der Waals surface area contributed by atoms with E-state index in [1.165, 1.54) is 6.08 Å². The van der Waals surface area contributed by atoms with Gasteiger partial charge >= 0.3 is 0 Å². The first-order valence-corrected chi connectivity index (χ1v) is 13.2. The maximum atomic E-state index is 11.7. The quantitative estimate of drug-likeness (QED) is 0.399. The average molecular weight is 531 g/mol. The van der Waals surface area contributed by atoms with Crippen molar-refractivity contribution in [2.45, 2.75) is 6.92 Å². The van der Waals surface area contributed by atoms with Gasteiger partial charge in [-0.25, -0.2) is 9.97 Å². The van der Waals surface area contributed by atoms with Gasteiger partial charge in [0.2, 0.25) is 17.7 Å². The Balaban J connectivity index is 1.33. The second-order valence-corrected chi connectivity index (χ2v) is 9.26. The average Bonchev–Trinajstić information content (AvgIpc) is 2.98. The van der Waals surface area contributed by atoms with Crippen LogP contribution in [0.5, 0.6) is 11.6 Å². The van der Waals surface area contributed by atoms with Crippen molar-refractivity contribution in [3.63, 3.8) is 0 Å². The molecule has 0 aliphatic carbocycles. The molecule has 5 rings (SSSR count). The van der Waals surface area contributed by atoms with Crippen LogP contribution < -0.4 is 25.2 Å². The summed E-state index contributed by atoms with van der Waals surface area (Å²) in [6.45, 7) is 13.5. The first-order chi connectivity index (χ1) is 19.1. The number of anilines is 5. The van der Waals surface area contributed by atoms with Crippen LogP contribution in [-0.2, 0) is 9.53 Å². The predicted octanol–water partition coefficient (Wildman–Crippen LogP) is 3.51. The summed E-state index contributed by atoms with van der Waals surface area (Å²) in [5.74, 6) is 2.00. The van der Waals surface area contributed by atoms with Gasteiger partial charge in [-0.3, -0.25) is 4.79 Å². The molecule has 204 valence electrons. The van der Waals surface area contributed by atoms with Gasteiger partial charge in [0.1, 0.15) is 17.3 Å². The van der Waals surface area contributed by atoms with E-state index in [0.29, 0.717) is 49.6 Å². The molecule has 0 unspecified atom stereocenters. The third-order valence-corrected chi connectivity index (χ3v) is 6.74. The summed E-state index contributed by atoms with van der Waals surface area (Å²) in [5.41, 5.74) is 2.15.